The van der Waals surface area contributed by atoms with Crippen molar-refractivity contribution < 1.29 is 40.7 Å². The number of methoxy groups -OCH3 is 1. The van der Waals surface area contributed by atoms with Gasteiger partial charge < -0.3 is 9.47 Å². The maximum atomic E-state index is 13.5. The number of allylic oxidation sites excluding steroid dienone is 1. The number of nitrogens with zero attached hydrogens (tertiary/aromatic N) is 1. The third-order valence-electron chi connectivity index (χ3n) is 4.38. The standard InChI is InChI=1S/C19H22F3NO6S/c1-5-29-18(25)16-15(17(24)28-4)13(10-11(2)3)12-8-6-7-9-14(12)23(16)30(26,27)19(20,21)22/h6-9,11,16H,5,10H2,1-4H3/t16-/m0/s1. The topological polar surface area (TPSA) is 90.0 Å². The van der Waals surface area contributed by atoms with E-state index in [1.54, 1.807) is 0 Å². The zero-order valence-corrected chi connectivity index (χ0v) is 17.6. The van der Waals surface area contributed by atoms with Gasteiger partial charge >= 0.3 is 27.5 Å². The summed E-state index contributed by atoms with van der Waals surface area (Å²) in [4.78, 5) is 25.3. The van der Waals surface area contributed by atoms with E-state index in [1.807, 2.05) is 13.8 Å². The lowest BCUT2D eigenvalue weighted by Gasteiger charge is -2.38. The Morgan fingerprint density at radius 1 is 1.20 bits per heavy atom. The molecule has 1 aliphatic rings. The Morgan fingerprint density at radius 3 is 2.30 bits per heavy atom. The molecule has 1 atom stereocenters. The number of hydrogen-bond donors (Lipinski definition) is 0. The number of rotatable bonds is 6. The second-order valence-corrected chi connectivity index (χ2v) is 8.71. The van der Waals surface area contributed by atoms with Gasteiger partial charge in [0.2, 0.25) is 0 Å². The van der Waals surface area contributed by atoms with Gasteiger partial charge in [0.1, 0.15) is 0 Å². The van der Waals surface area contributed by atoms with E-state index >= 15 is 0 Å². The highest BCUT2D eigenvalue weighted by atomic mass is 32.2. The van der Waals surface area contributed by atoms with Gasteiger partial charge in [-0.3, -0.25) is 0 Å². The zero-order chi connectivity index (χ0) is 22.9. The third kappa shape index (κ3) is 4.16. The number of halogens is 3. The number of sulfonamides is 1. The van der Waals surface area contributed by atoms with Crippen LogP contribution in [-0.2, 0) is 29.1 Å². The fourth-order valence-electron chi connectivity index (χ4n) is 3.27. The molecule has 1 aromatic rings. The Balaban J connectivity index is 2.98. The van der Waals surface area contributed by atoms with Gasteiger partial charge in [0.15, 0.2) is 6.04 Å². The number of ether oxygens (including phenoxy) is 2. The van der Waals surface area contributed by atoms with Crippen LogP contribution in [0.15, 0.2) is 29.8 Å². The summed E-state index contributed by atoms with van der Waals surface area (Å²) < 4.78 is 75.1. The highest BCUT2D eigenvalue weighted by molar-refractivity contribution is 7.93. The molecule has 2 rings (SSSR count). The number of hydrogen-bond acceptors (Lipinski definition) is 6. The predicted octanol–water partition coefficient (Wildman–Crippen LogP) is 3.26. The van der Waals surface area contributed by atoms with Crippen LogP contribution in [0.25, 0.3) is 5.57 Å². The number of benzene rings is 1. The van der Waals surface area contributed by atoms with E-state index in [-0.39, 0.29) is 40.1 Å². The molecule has 0 fully saturated rings. The molecule has 30 heavy (non-hydrogen) atoms. The van der Waals surface area contributed by atoms with Crippen LogP contribution in [0.4, 0.5) is 18.9 Å². The van der Waals surface area contributed by atoms with Gasteiger partial charge in [-0.1, -0.05) is 32.0 Å². The largest absolute Gasteiger partial charge is 0.516 e. The number of carbonyl (C=O) groups is 2. The van der Waals surface area contributed by atoms with Gasteiger partial charge in [-0.2, -0.15) is 21.6 Å². The Labute approximate surface area is 172 Å². The lowest BCUT2D eigenvalue weighted by molar-refractivity contribution is -0.146. The summed E-state index contributed by atoms with van der Waals surface area (Å²) in [6.45, 7) is 4.80. The first kappa shape index (κ1) is 23.7. The van der Waals surface area contributed by atoms with Crippen molar-refractivity contribution in [1.82, 2.24) is 0 Å². The van der Waals surface area contributed by atoms with Crippen molar-refractivity contribution in [2.45, 2.75) is 38.7 Å². The van der Waals surface area contributed by atoms with Crippen LogP contribution in [0, 0.1) is 5.92 Å². The molecule has 0 saturated carbocycles. The summed E-state index contributed by atoms with van der Waals surface area (Å²) in [6, 6.07) is 3.22. The summed E-state index contributed by atoms with van der Waals surface area (Å²) in [5, 5.41) is 0. The fourth-order valence-corrected chi connectivity index (χ4v) is 4.39. The van der Waals surface area contributed by atoms with Crippen molar-refractivity contribution in [3.05, 3.63) is 35.4 Å². The molecule has 1 aromatic carbocycles. The quantitative estimate of drug-likeness (QED) is 0.620. The van der Waals surface area contributed by atoms with Crippen molar-refractivity contribution >= 4 is 33.2 Å². The monoisotopic (exact) mass is 449 g/mol. The normalized spacial score (nSPS) is 17.1. The Morgan fingerprint density at radius 2 is 1.80 bits per heavy atom. The minimum Gasteiger partial charge on any atom is -0.466 e. The lowest BCUT2D eigenvalue weighted by atomic mass is 9.85. The molecule has 0 aliphatic carbocycles. The summed E-state index contributed by atoms with van der Waals surface area (Å²) in [5.41, 5.74) is -6.24. The van der Waals surface area contributed by atoms with Gasteiger partial charge in [-0.15, -0.1) is 0 Å². The molecule has 0 N–H and O–H groups in total. The van der Waals surface area contributed by atoms with Crippen molar-refractivity contribution in [1.29, 1.82) is 0 Å². The first-order chi connectivity index (χ1) is 13.9. The second-order valence-electron chi connectivity index (χ2n) is 6.90. The molecule has 0 spiro atoms. The Hall–Kier alpha value is -2.56. The third-order valence-corrected chi connectivity index (χ3v) is 5.89. The lowest BCUT2D eigenvalue weighted by Crippen LogP contribution is -2.54. The van der Waals surface area contributed by atoms with Crippen LogP contribution >= 0.6 is 0 Å². The highest BCUT2D eigenvalue weighted by Gasteiger charge is 2.57. The van der Waals surface area contributed by atoms with Crippen LogP contribution in [0.5, 0.6) is 0 Å². The molecule has 7 nitrogen and oxygen atoms in total. The molecular formula is C19H22F3NO6S. The van der Waals surface area contributed by atoms with E-state index in [2.05, 4.69) is 0 Å². The summed E-state index contributed by atoms with van der Waals surface area (Å²) in [5.74, 6) is -2.48. The predicted molar refractivity (Wildman–Crippen MR) is 103 cm³/mol. The Bertz CT molecular complexity index is 969. The van der Waals surface area contributed by atoms with E-state index in [9.17, 15) is 31.2 Å². The molecule has 0 radical (unpaired) electrons. The summed E-state index contributed by atoms with van der Waals surface area (Å²) in [7, 11) is -5.07. The molecule has 0 aromatic heterocycles. The van der Waals surface area contributed by atoms with Gasteiger partial charge in [0.25, 0.3) is 0 Å². The van der Waals surface area contributed by atoms with E-state index in [4.69, 9.17) is 9.47 Å². The van der Waals surface area contributed by atoms with Gasteiger partial charge in [-0.05, 0) is 30.9 Å². The first-order valence-corrected chi connectivity index (χ1v) is 10.5. The molecule has 166 valence electrons. The summed E-state index contributed by atoms with van der Waals surface area (Å²) in [6.07, 6.45) is 0.192. The van der Waals surface area contributed by atoms with Crippen molar-refractivity contribution in [3.8, 4) is 0 Å². The van der Waals surface area contributed by atoms with E-state index in [0.717, 1.165) is 13.2 Å². The number of alkyl halides is 3. The molecular weight excluding hydrogens is 427 g/mol. The van der Waals surface area contributed by atoms with Crippen molar-refractivity contribution in [3.63, 3.8) is 0 Å². The molecule has 0 bridgehead atoms. The minimum absolute atomic E-state index is 0.0682. The van der Waals surface area contributed by atoms with Gasteiger partial charge in [0.05, 0.1) is 25.0 Å². The molecule has 0 unspecified atom stereocenters. The van der Waals surface area contributed by atoms with Gasteiger partial charge in [-0.25, -0.2) is 13.9 Å². The van der Waals surface area contributed by atoms with E-state index in [1.165, 1.54) is 25.1 Å². The number of para-hydroxylation sites is 1. The average Bonchev–Trinajstić information content (AvgIpc) is 2.65. The smallest absolute Gasteiger partial charge is 0.466 e. The molecule has 1 aliphatic heterocycles. The summed E-state index contributed by atoms with van der Waals surface area (Å²) >= 11 is 0. The number of esters is 2. The number of fused-ring (bicyclic) bond motifs is 1. The minimum atomic E-state index is -6.06. The molecule has 11 heteroatoms. The van der Waals surface area contributed by atoms with E-state index < -0.39 is 39.1 Å². The number of anilines is 1. The van der Waals surface area contributed by atoms with Crippen molar-refractivity contribution in [2.24, 2.45) is 5.92 Å². The Kier molecular flexibility index (Phi) is 6.85. The number of carbonyl (C=O) groups excluding carboxylic acids is 2. The van der Waals surface area contributed by atoms with Crippen LogP contribution in [0.1, 0.15) is 32.8 Å². The maximum Gasteiger partial charge on any atom is 0.516 e. The second kappa shape index (κ2) is 8.66. The van der Waals surface area contributed by atoms with E-state index in [0.29, 0.717) is 0 Å². The first-order valence-electron chi connectivity index (χ1n) is 9.06. The highest BCUT2D eigenvalue weighted by Crippen LogP contribution is 2.45. The average molecular weight is 449 g/mol. The van der Waals surface area contributed by atoms with Gasteiger partial charge in [0, 0.05) is 5.56 Å². The molecule has 0 saturated heterocycles. The SMILES string of the molecule is CCOC(=O)[C@@H]1C(C(=O)OC)=C(CC(C)C)c2ccccc2N1S(=O)(=O)C(F)(F)F. The van der Waals surface area contributed by atoms with Crippen LogP contribution in [-0.4, -0.2) is 45.6 Å². The van der Waals surface area contributed by atoms with Crippen LogP contribution < -0.4 is 4.31 Å². The molecule has 1 heterocycles. The molecule has 0 amide bonds. The van der Waals surface area contributed by atoms with Crippen molar-refractivity contribution in [2.75, 3.05) is 18.0 Å². The fraction of sp³-hybridized carbons (Fsp3) is 0.474. The van der Waals surface area contributed by atoms with Crippen LogP contribution in [0.2, 0.25) is 0 Å². The zero-order valence-electron chi connectivity index (χ0n) is 16.8. The van der Waals surface area contributed by atoms with Crippen LogP contribution in [0.3, 0.4) is 0 Å². The maximum absolute atomic E-state index is 13.5.